The predicted octanol–water partition coefficient (Wildman–Crippen LogP) is 2.83. The lowest BCUT2D eigenvalue weighted by Crippen LogP contribution is -2.21. The lowest BCUT2D eigenvalue weighted by molar-refractivity contribution is 0.262. The first-order valence-electron chi connectivity index (χ1n) is 7.45. The number of amidine groups is 1. The molecule has 124 valence electrons. The van der Waals surface area contributed by atoms with Gasteiger partial charge in [0.1, 0.15) is 17.4 Å². The molecule has 2 amide bonds. The Morgan fingerprint density at radius 2 is 2.04 bits per heavy atom. The Bertz CT molecular complexity index is 792. The van der Waals surface area contributed by atoms with Crippen molar-refractivity contribution in [2.75, 3.05) is 30.8 Å². The highest BCUT2D eigenvalue weighted by molar-refractivity contribution is 6.03. The van der Waals surface area contributed by atoms with E-state index < -0.39 is 11.8 Å². The van der Waals surface area contributed by atoms with E-state index in [1.165, 1.54) is 18.2 Å². The summed E-state index contributed by atoms with van der Waals surface area (Å²) in [5.74, 6) is 0.953. The monoisotopic (exact) mass is 328 g/mol. The van der Waals surface area contributed by atoms with Gasteiger partial charge >= 0.3 is 6.03 Å². The van der Waals surface area contributed by atoms with Crippen molar-refractivity contribution in [3.8, 4) is 5.75 Å². The fraction of sp³-hybridized carbons (Fsp3) is 0.176. The fourth-order valence-corrected chi connectivity index (χ4v) is 2.38. The van der Waals surface area contributed by atoms with Crippen LogP contribution in [0.1, 0.15) is 5.56 Å². The molecular weight excluding hydrogens is 311 g/mol. The second-order valence-electron chi connectivity index (χ2n) is 5.20. The molecule has 0 aromatic heterocycles. The molecule has 0 radical (unpaired) electrons. The van der Waals surface area contributed by atoms with E-state index in [4.69, 9.17) is 4.74 Å². The Balaban J connectivity index is 1.76. The predicted molar refractivity (Wildman–Crippen MR) is 91.4 cm³/mol. The van der Waals surface area contributed by atoms with Crippen LogP contribution in [0.15, 0.2) is 47.5 Å². The minimum absolute atomic E-state index is 0.373. The molecule has 24 heavy (non-hydrogen) atoms. The van der Waals surface area contributed by atoms with Crippen molar-refractivity contribution in [1.29, 1.82) is 0 Å². The quantitative estimate of drug-likeness (QED) is 0.808. The number of benzene rings is 2. The third kappa shape index (κ3) is 3.81. The molecule has 0 fully saturated rings. The van der Waals surface area contributed by atoms with Crippen LogP contribution >= 0.6 is 0 Å². The van der Waals surface area contributed by atoms with Crippen molar-refractivity contribution in [3.05, 3.63) is 53.8 Å². The number of urea groups is 1. The maximum Gasteiger partial charge on any atom is 0.323 e. The van der Waals surface area contributed by atoms with Crippen molar-refractivity contribution >= 4 is 23.2 Å². The van der Waals surface area contributed by atoms with E-state index in [9.17, 15) is 9.18 Å². The molecule has 0 spiro atoms. The van der Waals surface area contributed by atoms with Gasteiger partial charge in [0.15, 0.2) is 0 Å². The summed E-state index contributed by atoms with van der Waals surface area (Å²) in [6, 6.07) is 10.6. The zero-order valence-corrected chi connectivity index (χ0v) is 13.1. The molecule has 0 bridgehead atoms. The van der Waals surface area contributed by atoms with Gasteiger partial charge in [0.2, 0.25) is 0 Å². The lowest BCUT2D eigenvalue weighted by Gasteiger charge is -2.12. The summed E-state index contributed by atoms with van der Waals surface area (Å²) in [6.07, 6.45) is 0. The number of nitrogens with zero attached hydrogens (tertiary/aromatic N) is 1. The molecule has 3 N–H and O–H groups in total. The largest absolute Gasteiger partial charge is 0.497 e. The minimum Gasteiger partial charge on any atom is -0.497 e. The van der Waals surface area contributed by atoms with E-state index in [1.54, 1.807) is 25.3 Å². The normalized spacial score (nSPS) is 13.0. The fourth-order valence-electron chi connectivity index (χ4n) is 2.38. The van der Waals surface area contributed by atoms with Crippen LogP contribution in [0.25, 0.3) is 0 Å². The van der Waals surface area contributed by atoms with Crippen LogP contribution < -0.4 is 20.7 Å². The van der Waals surface area contributed by atoms with Crippen molar-refractivity contribution in [2.45, 2.75) is 0 Å². The first-order chi connectivity index (χ1) is 11.6. The number of halogens is 1. The van der Waals surface area contributed by atoms with E-state index in [0.29, 0.717) is 17.1 Å². The van der Waals surface area contributed by atoms with Crippen molar-refractivity contribution in [3.63, 3.8) is 0 Å². The van der Waals surface area contributed by atoms with Crippen LogP contribution in [-0.4, -0.2) is 32.1 Å². The molecule has 2 aromatic rings. The number of amides is 2. The number of nitrogens with one attached hydrogen (secondary N) is 3. The van der Waals surface area contributed by atoms with E-state index in [2.05, 4.69) is 20.9 Å². The number of hydrogen-bond donors (Lipinski definition) is 3. The van der Waals surface area contributed by atoms with Crippen LogP contribution in [0.2, 0.25) is 0 Å². The smallest absolute Gasteiger partial charge is 0.323 e. The number of rotatable bonds is 4. The molecule has 1 heterocycles. The van der Waals surface area contributed by atoms with Crippen LogP contribution in [0.5, 0.6) is 5.75 Å². The molecule has 2 aromatic carbocycles. The van der Waals surface area contributed by atoms with Crippen LogP contribution in [0, 0.1) is 5.82 Å². The van der Waals surface area contributed by atoms with E-state index in [-0.39, 0.29) is 0 Å². The highest BCUT2D eigenvalue weighted by Crippen LogP contribution is 2.22. The molecule has 6 nitrogen and oxygen atoms in total. The van der Waals surface area contributed by atoms with Gasteiger partial charge in [-0.05, 0) is 30.3 Å². The van der Waals surface area contributed by atoms with Gasteiger partial charge in [-0.1, -0.05) is 6.07 Å². The number of carbonyl (C=O) groups excluding carboxylic acids is 1. The summed E-state index contributed by atoms with van der Waals surface area (Å²) in [7, 11) is 1.56. The SMILES string of the molecule is COc1cc(NC(=O)Nc2cccc(F)c2)cc(C2=NCCN2)c1. The van der Waals surface area contributed by atoms with Gasteiger partial charge in [-0.15, -0.1) is 0 Å². The van der Waals surface area contributed by atoms with Gasteiger partial charge in [-0.2, -0.15) is 0 Å². The molecule has 3 rings (SSSR count). The Labute approximate surface area is 138 Å². The summed E-state index contributed by atoms with van der Waals surface area (Å²) in [6.45, 7) is 1.50. The maximum absolute atomic E-state index is 13.2. The summed E-state index contributed by atoms with van der Waals surface area (Å²) >= 11 is 0. The Hall–Kier alpha value is -3.09. The summed E-state index contributed by atoms with van der Waals surface area (Å²) in [5.41, 5.74) is 1.75. The zero-order chi connectivity index (χ0) is 16.9. The number of methoxy groups -OCH3 is 1. The summed E-state index contributed by atoms with van der Waals surface area (Å²) in [4.78, 5) is 16.5. The summed E-state index contributed by atoms with van der Waals surface area (Å²) in [5, 5.41) is 8.47. The molecule has 0 atom stereocenters. The van der Waals surface area contributed by atoms with Crippen molar-refractivity contribution < 1.29 is 13.9 Å². The number of carbonyl (C=O) groups is 1. The first kappa shape index (κ1) is 15.8. The Morgan fingerprint density at radius 1 is 1.21 bits per heavy atom. The van der Waals surface area contributed by atoms with Gasteiger partial charge in [0.25, 0.3) is 0 Å². The highest BCUT2D eigenvalue weighted by atomic mass is 19.1. The average Bonchev–Trinajstić information content (AvgIpc) is 3.09. The molecule has 0 unspecified atom stereocenters. The average molecular weight is 328 g/mol. The van der Waals surface area contributed by atoms with Crippen LogP contribution in [-0.2, 0) is 0 Å². The van der Waals surface area contributed by atoms with Gasteiger partial charge in [-0.3, -0.25) is 4.99 Å². The third-order valence-corrected chi connectivity index (χ3v) is 3.43. The molecule has 0 saturated carbocycles. The van der Waals surface area contributed by atoms with Gasteiger partial charge in [0.05, 0.1) is 13.7 Å². The molecule has 1 aliphatic rings. The van der Waals surface area contributed by atoms with E-state index in [0.717, 1.165) is 24.5 Å². The number of ether oxygens (including phenoxy) is 1. The van der Waals surface area contributed by atoms with Crippen LogP contribution in [0.4, 0.5) is 20.6 Å². The standard InChI is InChI=1S/C17H17FN4O2/c1-24-15-8-11(16-19-5-6-20-16)7-14(10-15)22-17(23)21-13-4-2-3-12(18)9-13/h2-4,7-10H,5-6H2,1H3,(H,19,20)(H2,21,22,23). The molecule has 0 aliphatic carbocycles. The number of hydrogen-bond acceptors (Lipinski definition) is 4. The molecule has 1 aliphatic heterocycles. The van der Waals surface area contributed by atoms with E-state index >= 15 is 0 Å². The van der Waals surface area contributed by atoms with Gasteiger partial charge in [0, 0.05) is 29.5 Å². The molecule has 0 saturated heterocycles. The highest BCUT2D eigenvalue weighted by Gasteiger charge is 2.12. The number of anilines is 2. The number of aliphatic imine (C=N–C) groups is 1. The van der Waals surface area contributed by atoms with Gasteiger partial charge in [-0.25, -0.2) is 9.18 Å². The Morgan fingerprint density at radius 3 is 2.75 bits per heavy atom. The minimum atomic E-state index is -0.471. The Kier molecular flexibility index (Phi) is 4.60. The first-order valence-corrected chi connectivity index (χ1v) is 7.45. The van der Waals surface area contributed by atoms with Crippen LogP contribution in [0.3, 0.4) is 0 Å². The second-order valence-corrected chi connectivity index (χ2v) is 5.20. The summed E-state index contributed by atoms with van der Waals surface area (Å²) < 4.78 is 18.4. The maximum atomic E-state index is 13.2. The van der Waals surface area contributed by atoms with Crippen molar-refractivity contribution in [1.82, 2.24) is 5.32 Å². The van der Waals surface area contributed by atoms with Gasteiger partial charge < -0.3 is 20.7 Å². The second kappa shape index (κ2) is 6.99. The topological polar surface area (TPSA) is 74.8 Å². The molecule has 7 heteroatoms. The molecular formula is C17H17FN4O2. The lowest BCUT2D eigenvalue weighted by atomic mass is 10.1. The van der Waals surface area contributed by atoms with E-state index in [1.807, 2.05) is 6.07 Å². The zero-order valence-electron chi connectivity index (χ0n) is 13.1. The van der Waals surface area contributed by atoms with Crippen molar-refractivity contribution in [2.24, 2.45) is 4.99 Å². The third-order valence-electron chi connectivity index (χ3n) is 3.43.